The van der Waals surface area contributed by atoms with Crippen LogP contribution >= 0.6 is 11.6 Å². The summed E-state index contributed by atoms with van der Waals surface area (Å²) in [6.07, 6.45) is 1.30. The van der Waals surface area contributed by atoms with Crippen LogP contribution in [-0.2, 0) is 19.1 Å². The molecule has 4 atom stereocenters. The summed E-state index contributed by atoms with van der Waals surface area (Å²) in [5.74, 6) is -2.15. The molecule has 3 unspecified atom stereocenters. The Morgan fingerprint density at radius 3 is 2.53 bits per heavy atom. The van der Waals surface area contributed by atoms with Crippen LogP contribution < -0.4 is 0 Å². The predicted octanol–water partition coefficient (Wildman–Crippen LogP) is 3.69. The van der Waals surface area contributed by atoms with E-state index in [1.807, 2.05) is 48.5 Å². The number of benzene rings is 2. The van der Waals surface area contributed by atoms with E-state index in [2.05, 4.69) is 4.90 Å². The van der Waals surface area contributed by atoms with Gasteiger partial charge in [0, 0.05) is 17.6 Å². The van der Waals surface area contributed by atoms with Crippen LogP contribution in [0, 0.1) is 11.8 Å². The fourth-order valence-corrected chi connectivity index (χ4v) is 6.30. The van der Waals surface area contributed by atoms with Crippen molar-refractivity contribution in [2.24, 2.45) is 11.8 Å². The second-order valence-corrected chi connectivity index (χ2v) is 9.15. The summed E-state index contributed by atoms with van der Waals surface area (Å²) in [6, 6.07) is 15.3. The topological polar surface area (TPSA) is 66.9 Å². The van der Waals surface area contributed by atoms with E-state index in [0.29, 0.717) is 24.5 Å². The first-order chi connectivity index (χ1) is 15.4. The molecule has 0 bridgehead atoms. The molecular weight excluding hydrogens is 428 g/mol. The number of rotatable bonds is 4. The van der Waals surface area contributed by atoms with E-state index in [4.69, 9.17) is 16.3 Å². The lowest BCUT2D eigenvalue weighted by Gasteiger charge is -2.36. The van der Waals surface area contributed by atoms with Gasteiger partial charge in [0.05, 0.1) is 18.9 Å². The summed E-state index contributed by atoms with van der Waals surface area (Å²) < 4.78 is 5.20. The number of carbonyl (C=O) groups is 3. The van der Waals surface area contributed by atoms with Crippen LogP contribution in [0.1, 0.15) is 31.4 Å². The molecule has 32 heavy (non-hydrogen) atoms. The second-order valence-electron chi connectivity index (χ2n) is 8.71. The quantitative estimate of drug-likeness (QED) is 0.523. The van der Waals surface area contributed by atoms with Gasteiger partial charge in [-0.2, -0.15) is 0 Å². The largest absolute Gasteiger partial charge is 0.468 e. The molecule has 6 nitrogen and oxygen atoms in total. The second kappa shape index (κ2) is 7.71. The number of likely N-dealkylation sites (tertiary alicyclic amines) is 1. The lowest BCUT2D eigenvalue weighted by Crippen LogP contribution is -2.54. The summed E-state index contributed by atoms with van der Waals surface area (Å²) in [4.78, 5) is 43.1. The van der Waals surface area contributed by atoms with E-state index < -0.39 is 23.3 Å². The first-order valence-corrected chi connectivity index (χ1v) is 11.4. The van der Waals surface area contributed by atoms with Gasteiger partial charge in [0.15, 0.2) is 0 Å². The summed E-state index contributed by atoms with van der Waals surface area (Å²) in [6.45, 7) is 2.75. The van der Waals surface area contributed by atoms with Crippen molar-refractivity contribution in [3.05, 3.63) is 59.1 Å². The Morgan fingerprint density at radius 1 is 1.12 bits per heavy atom. The van der Waals surface area contributed by atoms with Crippen LogP contribution in [0.25, 0.3) is 11.1 Å². The molecule has 0 N–H and O–H groups in total. The normalized spacial score (nSPS) is 29.3. The Labute approximate surface area is 192 Å². The van der Waals surface area contributed by atoms with Crippen LogP contribution in [0.3, 0.4) is 0 Å². The third-order valence-corrected chi connectivity index (χ3v) is 7.60. The third kappa shape index (κ3) is 2.79. The van der Waals surface area contributed by atoms with E-state index in [1.165, 1.54) is 12.0 Å². The minimum absolute atomic E-state index is 0.191. The number of hydrogen-bond donors (Lipinski definition) is 0. The van der Waals surface area contributed by atoms with Crippen molar-refractivity contribution in [2.45, 2.75) is 31.3 Å². The smallest absolute Gasteiger partial charge is 0.327 e. The molecule has 3 heterocycles. The molecule has 0 spiro atoms. The number of esters is 1. The monoisotopic (exact) mass is 452 g/mol. The number of hydrogen-bond acceptors (Lipinski definition) is 5. The van der Waals surface area contributed by atoms with Gasteiger partial charge in [-0.15, -0.1) is 0 Å². The van der Waals surface area contributed by atoms with E-state index in [9.17, 15) is 14.4 Å². The average Bonchev–Trinajstić information content (AvgIpc) is 3.42. The van der Waals surface area contributed by atoms with Gasteiger partial charge >= 0.3 is 5.97 Å². The van der Waals surface area contributed by atoms with Crippen molar-refractivity contribution in [3.8, 4) is 11.1 Å². The Balaban J connectivity index is 1.59. The van der Waals surface area contributed by atoms with E-state index in [-0.39, 0.29) is 17.9 Å². The lowest BCUT2D eigenvalue weighted by atomic mass is 9.77. The van der Waals surface area contributed by atoms with Gasteiger partial charge in [0.25, 0.3) is 0 Å². The molecule has 3 saturated heterocycles. The number of nitrogens with zero attached hydrogens (tertiary/aromatic N) is 2. The summed E-state index contributed by atoms with van der Waals surface area (Å²) in [5, 5.41) is 0.667. The SMILES string of the molecule is CCN1C(=O)C2C(c3ccc(-c4cccc(Cl)c4)cc3)N3CCC[C@@]3(C(=O)OC)C2C1=O. The molecule has 0 radical (unpaired) electrons. The Kier molecular flexibility index (Phi) is 5.10. The van der Waals surface area contributed by atoms with Crippen molar-refractivity contribution < 1.29 is 19.1 Å². The Morgan fingerprint density at radius 2 is 1.88 bits per heavy atom. The van der Waals surface area contributed by atoms with E-state index in [0.717, 1.165) is 23.1 Å². The Bertz CT molecular complexity index is 1100. The van der Waals surface area contributed by atoms with Gasteiger partial charge in [0.2, 0.25) is 11.8 Å². The van der Waals surface area contributed by atoms with Gasteiger partial charge in [0.1, 0.15) is 5.54 Å². The molecule has 7 heteroatoms. The lowest BCUT2D eigenvalue weighted by molar-refractivity contribution is -0.159. The van der Waals surface area contributed by atoms with Crippen molar-refractivity contribution in [2.75, 3.05) is 20.2 Å². The molecule has 0 saturated carbocycles. The van der Waals surface area contributed by atoms with Crippen molar-refractivity contribution in [1.29, 1.82) is 0 Å². The summed E-state index contributed by atoms with van der Waals surface area (Å²) in [5.41, 5.74) is 1.86. The van der Waals surface area contributed by atoms with Gasteiger partial charge in [-0.05, 0) is 55.1 Å². The third-order valence-electron chi connectivity index (χ3n) is 7.37. The average molecular weight is 453 g/mol. The molecule has 5 rings (SSSR count). The molecule has 3 fully saturated rings. The number of methoxy groups -OCH3 is 1. The maximum Gasteiger partial charge on any atom is 0.327 e. The molecule has 0 aromatic heterocycles. The minimum atomic E-state index is -1.08. The predicted molar refractivity (Wildman–Crippen MR) is 120 cm³/mol. The molecular formula is C25H25ClN2O4. The van der Waals surface area contributed by atoms with Crippen LogP contribution in [0.5, 0.6) is 0 Å². The zero-order valence-electron chi connectivity index (χ0n) is 18.1. The molecule has 2 aromatic carbocycles. The minimum Gasteiger partial charge on any atom is -0.468 e. The zero-order valence-corrected chi connectivity index (χ0v) is 18.8. The first kappa shape index (κ1) is 21.2. The number of ether oxygens (including phenoxy) is 1. The zero-order chi connectivity index (χ0) is 22.6. The highest BCUT2D eigenvalue weighted by Crippen LogP contribution is 2.59. The summed E-state index contributed by atoms with van der Waals surface area (Å²) in [7, 11) is 1.36. The van der Waals surface area contributed by atoms with Gasteiger partial charge in [-0.25, -0.2) is 0 Å². The maximum absolute atomic E-state index is 13.3. The molecule has 3 aliphatic heterocycles. The maximum atomic E-state index is 13.3. The van der Waals surface area contributed by atoms with Crippen molar-refractivity contribution >= 4 is 29.4 Å². The highest BCUT2D eigenvalue weighted by molar-refractivity contribution is 6.30. The van der Waals surface area contributed by atoms with Gasteiger partial charge in [-0.1, -0.05) is 48.0 Å². The molecule has 0 aliphatic carbocycles. The van der Waals surface area contributed by atoms with Gasteiger partial charge < -0.3 is 4.74 Å². The number of imide groups is 1. The highest BCUT2D eigenvalue weighted by Gasteiger charge is 2.73. The number of fused-ring (bicyclic) bond motifs is 3. The van der Waals surface area contributed by atoms with Gasteiger partial charge in [-0.3, -0.25) is 24.2 Å². The van der Waals surface area contributed by atoms with Crippen LogP contribution in [0.4, 0.5) is 0 Å². The van der Waals surface area contributed by atoms with Crippen molar-refractivity contribution in [1.82, 2.24) is 9.80 Å². The molecule has 3 aliphatic rings. The van der Waals surface area contributed by atoms with Crippen molar-refractivity contribution in [3.63, 3.8) is 0 Å². The van der Waals surface area contributed by atoms with Crippen LogP contribution in [-0.4, -0.2) is 53.3 Å². The highest BCUT2D eigenvalue weighted by atomic mass is 35.5. The number of carbonyl (C=O) groups excluding carboxylic acids is 3. The number of halogens is 1. The van der Waals surface area contributed by atoms with Crippen LogP contribution in [0.2, 0.25) is 5.02 Å². The van der Waals surface area contributed by atoms with Crippen LogP contribution in [0.15, 0.2) is 48.5 Å². The number of amides is 2. The fraction of sp³-hybridized carbons (Fsp3) is 0.400. The fourth-order valence-electron chi connectivity index (χ4n) is 6.11. The first-order valence-electron chi connectivity index (χ1n) is 11.0. The van der Waals surface area contributed by atoms with E-state index >= 15 is 0 Å². The summed E-state index contributed by atoms with van der Waals surface area (Å²) >= 11 is 6.14. The molecule has 166 valence electrons. The van der Waals surface area contributed by atoms with E-state index in [1.54, 1.807) is 6.92 Å². The standard InChI is InChI=1S/C25H25ClN2O4/c1-3-27-22(29)19-20(23(27)30)25(24(31)32-2)12-5-13-28(25)21(19)16-10-8-15(9-11-16)17-6-4-7-18(26)14-17/h4,6-11,14,19-21H,3,5,12-13H2,1-2H3/t19?,20?,21?,25-/m0/s1. The Hall–Kier alpha value is -2.70. The molecule has 2 aromatic rings. The molecule has 2 amide bonds.